The molecule has 2 aromatic carbocycles. The zero-order valence-corrected chi connectivity index (χ0v) is 28.2. The molecule has 9 nitrogen and oxygen atoms in total. The predicted octanol–water partition coefficient (Wildman–Crippen LogP) is 7.34. The fraction of sp³-hybridized carbons (Fsp3) is 0.469. The molecule has 0 unspecified atom stereocenters. The highest BCUT2D eigenvalue weighted by atomic mass is 19.2. The molecule has 0 aromatic heterocycles. The van der Waals surface area contributed by atoms with Crippen LogP contribution in [0, 0.1) is 69.7 Å². The number of rotatable bonds is 3. The molecule has 1 fully saturated rings. The summed E-state index contributed by atoms with van der Waals surface area (Å²) in [6, 6.07) is 0.0408. The number of hydroxylamine groups is 2. The van der Waals surface area contributed by atoms with Crippen molar-refractivity contribution in [2.45, 2.75) is 82.1 Å². The number of hydrogen-bond donors (Lipinski definition) is 0. The lowest BCUT2D eigenvalue weighted by Crippen LogP contribution is -2.36. The standard InChI is InChI=1S/C12H12F4O2.C11H10F4O2.C9H13NO4/c1-5-6(13)8(15)9(16)10(7(5)14)18-11(17)12(2,3)4;1-11(2,3)10(16)17-9-7(14)5(12)4-6(13)8(9)15;1-9(2,3)8(13)14-10-6(11)4-5-7(10)12/h1-4H3;4H,1-3H3;4-5H2,1-3H3. The van der Waals surface area contributed by atoms with Crippen LogP contribution in [0.15, 0.2) is 6.07 Å². The van der Waals surface area contributed by atoms with Gasteiger partial charge < -0.3 is 14.3 Å². The van der Waals surface area contributed by atoms with Gasteiger partial charge in [-0.2, -0.15) is 13.2 Å². The third kappa shape index (κ3) is 11.0. The van der Waals surface area contributed by atoms with Crippen LogP contribution in [0.1, 0.15) is 80.7 Å². The number of carbonyl (C=O) groups excluding carboxylic acids is 5. The van der Waals surface area contributed by atoms with Crippen molar-refractivity contribution >= 4 is 29.7 Å². The summed E-state index contributed by atoms with van der Waals surface area (Å²) < 4.78 is 114. The summed E-state index contributed by atoms with van der Waals surface area (Å²) in [6.07, 6.45) is 0.243. The van der Waals surface area contributed by atoms with Crippen LogP contribution in [-0.4, -0.2) is 34.8 Å². The molecule has 2 amide bonds. The van der Waals surface area contributed by atoms with Crippen molar-refractivity contribution in [3.05, 3.63) is 58.2 Å². The number of benzene rings is 2. The van der Waals surface area contributed by atoms with Gasteiger partial charge in [0, 0.05) is 24.5 Å². The number of esters is 2. The summed E-state index contributed by atoms with van der Waals surface area (Å²) in [5.74, 6) is -19.5. The topological polar surface area (TPSA) is 116 Å². The van der Waals surface area contributed by atoms with Crippen LogP contribution in [0.2, 0.25) is 0 Å². The highest BCUT2D eigenvalue weighted by molar-refractivity contribution is 6.01. The average Bonchev–Trinajstić information content (AvgIpc) is 3.29. The molecule has 1 aliphatic heterocycles. The minimum Gasteiger partial charge on any atom is -0.420 e. The Morgan fingerprint density at radius 1 is 0.551 bits per heavy atom. The molecule has 0 aliphatic carbocycles. The Hall–Kier alpha value is -4.57. The van der Waals surface area contributed by atoms with Gasteiger partial charge in [0.1, 0.15) is 0 Å². The molecule has 1 aliphatic rings. The minimum absolute atomic E-state index is 0.0408. The van der Waals surface area contributed by atoms with Gasteiger partial charge in [-0.3, -0.25) is 19.2 Å². The van der Waals surface area contributed by atoms with E-state index < -0.39 is 110 Å². The summed E-state index contributed by atoms with van der Waals surface area (Å²) in [4.78, 5) is 61.0. The van der Waals surface area contributed by atoms with Gasteiger partial charge in [0.05, 0.1) is 16.2 Å². The highest BCUT2D eigenvalue weighted by Gasteiger charge is 2.36. The zero-order chi connectivity index (χ0) is 38.6. The van der Waals surface area contributed by atoms with E-state index in [1.807, 2.05) is 0 Å². The number of carbonyl (C=O) groups is 5. The maximum Gasteiger partial charge on any atom is 0.338 e. The van der Waals surface area contributed by atoms with E-state index >= 15 is 0 Å². The number of nitrogens with zero attached hydrogens (tertiary/aromatic N) is 1. The zero-order valence-electron chi connectivity index (χ0n) is 28.2. The molecule has 2 aromatic rings. The Kier molecular flexibility index (Phi) is 13.7. The van der Waals surface area contributed by atoms with Crippen LogP contribution >= 0.6 is 0 Å². The number of amides is 2. The van der Waals surface area contributed by atoms with Crippen LogP contribution in [0.3, 0.4) is 0 Å². The van der Waals surface area contributed by atoms with Crippen LogP contribution in [0.5, 0.6) is 11.5 Å². The number of imide groups is 1. The van der Waals surface area contributed by atoms with Crippen molar-refractivity contribution in [3.63, 3.8) is 0 Å². The minimum atomic E-state index is -1.87. The molecule has 1 heterocycles. The molecule has 0 radical (unpaired) electrons. The monoisotopic (exact) mass is 713 g/mol. The van der Waals surface area contributed by atoms with Crippen molar-refractivity contribution in [1.29, 1.82) is 0 Å². The van der Waals surface area contributed by atoms with E-state index in [-0.39, 0.29) is 18.9 Å². The van der Waals surface area contributed by atoms with Gasteiger partial charge in [-0.15, -0.1) is 5.06 Å². The second kappa shape index (κ2) is 15.8. The number of ether oxygens (including phenoxy) is 2. The Morgan fingerprint density at radius 3 is 1.24 bits per heavy atom. The van der Waals surface area contributed by atoms with Crippen molar-refractivity contribution in [2.75, 3.05) is 0 Å². The molecule has 272 valence electrons. The molecule has 1 saturated heterocycles. The molecule has 0 N–H and O–H groups in total. The van der Waals surface area contributed by atoms with Gasteiger partial charge in [0.2, 0.25) is 29.0 Å². The summed E-state index contributed by atoms with van der Waals surface area (Å²) in [7, 11) is 0. The van der Waals surface area contributed by atoms with Gasteiger partial charge in [-0.25, -0.2) is 26.7 Å². The van der Waals surface area contributed by atoms with E-state index in [0.717, 1.165) is 6.92 Å². The first kappa shape index (κ1) is 42.5. The van der Waals surface area contributed by atoms with Crippen LogP contribution in [0.4, 0.5) is 35.1 Å². The smallest absolute Gasteiger partial charge is 0.338 e. The maximum absolute atomic E-state index is 13.5. The molecular formula is C32H35F8NO8. The molecule has 0 saturated carbocycles. The molecular weight excluding hydrogens is 678 g/mol. The summed E-state index contributed by atoms with van der Waals surface area (Å²) in [5, 5.41) is 0.563. The van der Waals surface area contributed by atoms with Gasteiger partial charge in [-0.05, 0) is 69.2 Å². The first-order chi connectivity index (χ1) is 22.0. The van der Waals surface area contributed by atoms with Crippen molar-refractivity contribution < 1.29 is 73.4 Å². The van der Waals surface area contributed by atoms with Crippen molar-refractivity contribution in [1.82, 2.24) is 5.06 Å². The SMILES string of the molecule is CC(C)(C)C(=O)ON1C(=O)CCC1=O.CC(C)(C)C(=O)Oc1c(F)c(F)cc(F)c1F.Cc1c(F)c(F)c(F)c(OC(=O)C(C)(C)C)c1F. The lowest BCUT2D eigenvalue weighted by atomic mass is 9.97. The van der Waals surface area contributed by atoms with Gasteiger partial charge in [-0.1, -0.05) is 0 Å². The lowest BCUT2D eigenvalue weighted by molar-refractivity contribution is -0.203. The quantitative estimate of drug-likeness (QED) is 0.0811. The predicted molar refractivity (Wildman–Crippen MR) is 154 cm³/mol. The number of hydrogen-bond acceptors (Lipinski definition) is 8. The molecule has 3 rings (SSSR count). The van der Waals surface area contributed by atoms with Gasteiger partial charge >= 0.3 is 17.9 Å². The maximum atomic E-state index is 13.5. The fourth-order valence-electron chi connectivity index (χ4n) is 2.82. The molecule has 0 atom stereocenters. The van der Waals surface area contributed by atoms with E-state index in [0.29, 0.717) is 5.06 Å². The Morgan fingerprint density at radius 2 is 0.898 bits per heavy atom. The largest absolute Gasteiger partial charge is 0.420 e. The van der Waals surface area contributed by atoms with Gasteiger partial charge in [0.15, 0.2) is 29.1 Å². The van der Waals surface area contributed by atoms with E-state index in [1.54, 1.807) is 20.8 Å². The van der Waals surface area contributed by atoms with Crippen LogP contribution < -0.4 is 9.47 Å². The molecule has 0 spiro atoms. The fourth-order valence-corrected chi connectivity index (χ4v) is 2.82. The van der Waals surface area contributed by atoms with Gasteiger partial charge in [0.25, 0.3) is 11.8 Å². The second-order valence-corrected chi connectivity index (χ2v) is 13.5. The van der Waals surface area contributed by atoms with E-state index in [2.05, 4.69) is 9.47 Å². The third-order valence-corrected chi connectivity index (χ3v) is 5.92. The Balaban J connectivity index is 0.000000370. The third-order valence-electron chi connectivity index (χ3n) is 5.92. The average molecular weight is 714 g/mol. The van der Waals surface area contributed by atoms with E-state index in [1.165, 1.54) is 41.5 Å². The van der Waals surface area contributed by atoms with Crippen molar-refractivity contribution in [2.24, 2.45) is 16.2 Å². The summed E-state index contributed by atoms with van der Waals surface area (Å²) >= 11 is 0. The molecule has 17 heteroatoms. The first-order valence-corrected chi connectivity index (χ1v) is 14.2. The van der Waals surface area contributed by atoms with Crippen LogP contribution in [-0.2, 0) is 28.8 Å². The van der Waals surface area contributed by atoms with Crippen LogP contribution in [0.25, 0.3) is 0 Å². The summed E-state index contributed by atoms with van der Waals surface area (Å²) in [6.45, 7) is 14.5. The lowest BCUT2D eigenvalue weighted by Gasteiger charge is -2.19. The van der Waals surface area contributed by atoms with E-state index in [9.17, 15) is 59.1 Å². The number of halogens is 8. The Bertz CT molecular complexity index is 1570. The summed E-state index contributed by atoms with van der Waals surface area (Å²) in [5.41, 5.74) is -3.55. The van der Waals surface area contributed by atoms with E-state index in [4.69, 9.17) is 4.84 Å². The molecule has 0 bridgehead atoms. The second-order valence-electron chi connectivity index (χ2n) is 13.5. The van der Waals surface area contributed by atoms with Crippen molar-refractivity contribution in [3.8, 4) is 11.5 Å². The normalized spacial score (nSPS) is 13.2. The highest BCUT2D eigenvalue weighted by Crippen LogP contribution is 2.32. The first-order valence-electron chi connectivity index (χ1n) is 14.2. The molecule has 49 heavy (non-hydrogen) atoms. The Labute approximate surface area is 276 Å².